The minimum absolute atomic E-state index is 0.0108. The van der Waals surface area contributed by atoms with Crippen LogP contribution in [0.1, 0.15) is 28.9 Å². The Morgan fingerprint density at radius 2 is 2.14 bits per heavy atom. The number of rotatable bonds is 9. The van der Waals surface area contributed by atoms with Crippen molar-refractivity contribution >= 4 is 28.2 Å². The van der Waals surface area contributed by atoms with Crippen LogP contribution in [0, 0.1) is 5.92 Å². The standard InChI is InChI=1S/C14H20N2O4S/c17-7-9-20-8-1-6-15-14(19)11-4-5-12(21-11)16-13(18)10-2-3-10/h4-5,10,17H,1-3,6-9H2,(H,15,19)(H,16,18). The molecule has 0 bridgehead atoms. The fourth-order valence-electron chi connectivity index (χ4n) is 1.73. The highest BCUT2D eigenvalue weighted by Crippen LogP contribution is 2.31. The Kier molecular flexibility index (Phi) is 6.16. The minimum atomic E-state index is -0.144. The number of carbonyl (C=O) groups excluding carboxylic acids is 2. The molecule has 1 fully saturated rings. The summed E-state index contributed by atoms with van der Waals surface area (Å²) in [7, 11) is 0. The summed E-state index contributed by atoms with van der Waals surface area (Å²) >= 11 is 1.28. The Hall–Kier alpha value is -1.44. The van der Waals surface area contributed by atoms with Crippen LogP contribution in [0.15, 0.2) is 12.1 Å². The third-order valence-corrected chi connectivity index (χ3v) is 4.01. The van der Waals surface area contributed by atoms with Gasteiger partial charge in [-0.1, -0.05) is 0 Å². The minimum Gasteiger partial charge on any atom is -0.394 e. The quantitative estimate of drug-likeness (QED) is 0.598. The molecule has 0 aliphatic heterocycles. The summed E-state index contributed by atoms with van der Waals surface area (Å²) < 4.78 is 5.10. The highest BCUT2D eigenvalue weighted by molar-refractivity contribution is 7.18. The van der Waals surface area contributed by atoms with E-state index in [0.717, 1.165) is 12.8 Å². The summed E-state index contributed by atoms with van der Waals surface area (Å²) in [5.41, 5.74) is 0. The second kappa shape index (κ2) is 8.11. The summed E-state index contributed by atoms with van der Waals surface area (Å²) in [6.07, 6.45) is 2.62. The van der Waals surface area contributed by atoms with Gasteiger partial charge in [0.25, 0.3) is 5.91 Å². The van der Waals surface area contributed by atoms with Crippen molar-refractivity contribution in [3.63, 3.8) is 0 Å². The number of hydrogen-bond donors (Lipinski definition) is 3. The van der Waals surface area contributed by atoms with E-state index in [1.165, 1.54) is 11.3 Å². The molecule has 1 saturated carbocycles. The SMILES string of the molecule is O=C(NCCCOCCO)c1ccc(NC(=O)C2CC2)s1. The second-order valence-corrected chi connectivity index (χ2v) is 5.96. The fraction of sp³-hybridized carbons (Fsp3) is 0.571. The van der Waals surface area contributed by atoms with E-state index in [-0.39, 0.29) is 24.3 Å². The van der Waals surface area contributed by atoms with E-state index < -0.39 is 0 Å². The largest absolute Gasteiger partial charge is 0.394 e. The lowest BCUT2D eigenvalue weighted by atomic mass is 10.4. The van der Waals surface area contributed by atoms with Crippen molar-refractivity contribution in [2.24, 2.45) is 5.92 Å². The summed E-state index contributed by atoms with van der Waals surface area (Å²) in [5, 5.41) is 14.9. The van der Waals surface area contributed by atoms with Crippen molar-refractivity contribution in [3.8, 4) is 0 Å². The molecule has 1 aromatic heterocycles. The van der Waals surface area contributed by atoms with Crippen LogP contribution in [-0.2, 0) is 9.53 Å². The van der Waals surface area contributed by atoms with Crippen LogP contribution in [0.5, 0.6) is 0 Å². The van der Waals surface area contributed by atoms with Crippen molar-refractivity contribution in [1.82, 2.24) is 5.32 Å². The highest BCUT2D eigenvalue weighted by atomic mass is 32.1. The molecular weight excluding hydrogens is 292 g/mol. The number of aliphatic hydroxyl groups is 1. The lowest BCUT2D eigenvalue weighted by Gasteiger charge is -2.04. The molecule has 3 N–H and O–H groups in total. The Bertz CT molecular complexity index is 485. The molecule has 0 aromatic carbocycles. The Morgan fingerprint density at radius 1 is 1.33 bits per heavy atom. The van der Waals surface area contributed by atoms with Gasteiger partial charge in [0.15, 0.2) is 0 Å². The van der Waals surface area contributed by atoms with E-state index in [1.807, 2.05) is 0 Å². The van der Waals surface area contributed by atoms with Crippen molar-refractivity contribution in [2.45, 2.75) is 19.3 Å². The van der Waals surface area contributed by atoms with Crippen LogP contribution in [0.3, 0.4) is 0 Å². The third kappa shape index (κ3) is 5.45. The number of aliphatic hydroxyl groups excluding tert-OH is 1. The van der Waals surface area contributed by atoms with Gasteiger partial charge in [-0.05, 0) is 31.4 Å². The molecule has 6 nitrogen and oxygen atoms in total. The summed E-state index contributed by atoms with van der Waals surface area (Å²) in [6, 6.07) is 3.47. The lowest BCUT2D eigenvalue weighted by Crippen LogP contribution is -2.24. The maximum absolute atomic E-state index is 11.9. The first-order chi connectivity index (χ1) is 10.2. The van der Waals surface area contributed by atoms with Crippen molar-refractivity contribution < 1.29 is 19.4 Å². The lowest BCUT2D eigenvalue weighted by molar-refractivity contribution is -0.117. The van der Waals surface area contributed by atoms with Gasteiger partial charge in [-0.2, -0.15) is 0 Å². The normalized spacial score (nSPS) is 14.0. The second-order valence-electron chi connectivity index (χ2n) is 4.87. The topological polar surface area (TPSA) is 87.7 Å². The molecular formula is C14H20N2O4S. The van der Waals surface area contributed by atoms with Gasteiger partial charge in [-0.15, -0.1) is 11.3 Å². The molecule has 21 heavy (non-hydrogen) atoms. The summed E-state index contributed by atoms with van der Waals surface area (Å²) in [5.74, 6) is 0.0576. The zero-order valence-electron chi connectivity index (χ0n) is 11.8. The van der Waals surface area contributed by atoms with Crippen molar-refractivity contribution in [2.75, 3.05) is 31.7 Å². The number of ether oxygens (including phenoxy) is 1. The molecule has 0 saturated heterocycles. The van der Waals surface area contributed by atoms with E-state index in [0.29, 0.717) is 36.1 Å². The van der Waals surface area contributed by atoms with Gasteiger partial charge in [0.1, 0.15) is 0 Å². The van der Waals surface area contributed by atoms with Gasteiger partial charge in [-0.25, -0.2) is 0 Å². The van der Waals surface area contributed by atoms with Gasteiger partial charge in [0.2, 0.25) is 5.91 Å². The van der Waals surface area contributed by atoms with Crippen LogP contribution in [0.4, 0.5) is 5.00 Å². The van der Waals surface area contributed by atoms with Crippen LogP contribution in [0.25, 0.3) is 0 Å². The first-order valence-electron chi connectivity index (χ1n) is 7.08. The molecule has 2 amide bonds. The Labute approximate surface area is 127 Å². The Balaban J connectivity index is 1.67. The van der Waals surface area contributed by atoms with Crippen LogP contribution in [-0.4, -0.2) is 43.3 Å². The average Bonchev–Trinajstić information content (AvgIpc) is 3.23. The van der Waals surface area contributed by atoms with Gasteiger partial charge < -0.3 is 20.5 Å². The first-order valence-corrected chi connectivity index (χ1v) is 7.90. The van der Waals surface area contributed by atoms with Gasteiger partial charge in [-0.3, -0.25) is 9.59 Å². The summed E-state index contributed by atoms with van der Waals surface area (Å²) in [4.78, 5) is 24.1. The molecule has 7 heteroatoms. The molecule has 1 heterocycles. The number of thiophene rings is 1. The third-order valence-electron chi connectivity index (χ3n) is 3.01. The molecule has 1 aliphatic carbocycles. The number of nitrogens with one attached hydrogen (secondary N) is 2. The van der Waals surface area contributed by atoms with Crippen LogP contribution < -0.4 is 10.6 Å². The van der Waals surface area contributed by atoms with E-state index in [1.54, 1.807) is 12.1 Å². The average molecular weight is 312 g/mol. The van der Waals surface area contributed by atoms with Gasteiger partial charge >= 0.3 is 0 Å². The van der Waals surface area contributed by atoms with Gasteiger partial charge in [0.05, 0.1) is 23.1 Å². The zero-order valence-corrected chi connectivity index (χ0v) is 12.6. The highest BCUT2D eigenvalue weighted by Gasteiger charge is 2.29. The molecule has 0 atom stereocenters. The number of carbonyl (C=O) groups is 2. The van der Waals surface area contributed by atoms with E-state index >= 15 is 0 Å². The smallest absolute Gasteiger partial charge is 0.261 e. The van der Waals surface area contributed by atoms with Crippen LogP contribution in [0.2, 0.25) is 0 Å². The van der Waals surface area contributed by atoms with Crippen molar-refractivity contribution in [1.29, 1.82) is 0 Å². The molecule has 2 rings (SSSR count). The maximum atomic E-state index is 11.9. The van der Waals surface area contributed by atoms with E-state index in [2.05, 4.69) is 10.6 Å². The fourth-order valence-corrected chi connectivity index (χ4v) is 2.55. The van der Waals surface area contributed by atoms with Gasteiger partial charge in [0, 0.05) is 19.1 Å². The molecule has 1 aliphatic rings. The molecule has 0 unspecified atom stereocenters. The van der Waals surface area contributed by atoms with Crippen molar-refractivity contribution in [3.05, 3.63) is 17.0 Å². The Morgan fingerprint density at radius 3 is 2.86 bits per heavy atom. The number of hydrogen-bond acceptors (Lipinski definition) is 5. The molecule has 0 spiro atoms. The van der Waals surface area contributed by atoms with E-state index in [4.69, 9.17) is 9.84 Å². The van der Waals surface area contributed by atoms with Crippen LogP contribution >= 0.6 is 11.3 Å². The predicted molar refractivity (Wildman–Crippen MR) is 80.5 cm³/mol. The molecule has 1 aromatic rings. The maximum Gasteiger partial charge on any atom is 0.261 e. The first kappa shape index (κ1) is 15.9. The predicted octanol–water partition coefficient (Wildman–Crippen LogP) is 1.23. The monoisotopic (exact) mass is 312 g/mol. The number of amides is 2. The number of anilines is 1. The molecule has 0 radical (unpaired) electrons. The summed E-state index contributed by atoms with van der Waals surface area (Å²) in [6.45, 7) is 1.36. The zero-order chi connectivity index (χ0) is 15.1. The molecule has 116 valence electrons. The van der Waals surface area contributed by atoms with E-state index in [9.17, 15) is 9.59 Å².